The molecule has 0 amide bonds. The largest absolute Gasteiger partial charge is 0.0622 e. The molecule has 5 aromatic rings. The summed E-state index contributed by atoms with van der Waals surface area (Å²) in [6.07, 6.45) is 1.04. The summed E-state index contributed by atoms with van der Waals surface area (Å²) in [5.41, 5.74) is 13.5. The molecular weight excluding hydrogens is 432 g/mol. The van der Waals surface area contributed by atoms with Crippen LogP contribution < -0.4 is 0 Å². The second-order valence-corrected chi connectivity index (χ2v) is 10.2. The molecule has 0 aliphatic heterocycles. The summed E-state index contributed by atoms with van der Waals surface area (Å²) in [4.78, 5) is 0. The predicted octanol–water partition coefficient (Wildman–Crippen LogP) is 9.07. The quantitative estimate of drug-likeness (QED) is 0.228. The van der Waals surface area contributed by atoms with Crippen LogP contribution in [0.1, 0.15) is 64.3 Å². The third kappa shape index (κ3) is 3.52. The first-order valence-electron chi connectivity index (χ1n) is 13.1. The average Bonchev–Trinajstić information content (AvgIpc) is 3.21. The van der Waals surface area contributed by atoms with Crippen molar-refractivity contribution in [2.75, 3.05) is 0 Å². The standard InChI is InChI=1S/C36H32/c1-4-26-12-10-13-28(24-26)34(27-22-20-25(2)21-23-27)31-17-11-19-33-35(31)30-16-8-9-18-32(30)36(33,3)29-14-6-5-7-15-29/h5-24,34H,4H2,1-3H3. The maximum absolute atomic E-state index is 2.40. The fourth-order valence-corrected chi connectivity index (χ4v) is 6.20. The van der Waals surface area contributed by atoms with Gasteiger partial charge in [0.1, 0.15) is 0 Å². The molecule has 0 saturated heterocycles. The van der Waals surface area contributed by atoms with Gasteiger partial charge in [0.05, 0.1) is 0 Å². The lowest BCUT2D eigenvalue weighted by Gasteiger charge is -2.29. The minimum absolute atomic E-state index is 0.165. The van der Waals surface area contributed by atoms with Gasteiger partial charge in [0.2, 0.25) is 0 Å². The molecule has 1 aliphatic rings. The van der Waals surface area contributed by atoms with Crippen LogP contribution in [0.5, 0.6) is 0 Å². The summed E-state index contributed by atoms with van der Waals surface area (Å²) < 4.78 is 0. The van der Waals surface area contributed by atoms with E-state index in [1.165, 1.54) is 55.6 Å². The average molecular weight is 465 g/mol. The first kappa shape index (κ1) is 22.6. The van der Waals surface area contributed by atoms with Gasteiger partial charge in [-0.05, 0) is 70.3 Å². The van der Waals surface area contributed by atoms with Gasteiger partial charge in [0.25, 0.3) is 0 Å². The van der Waals surface area contributed by atoms with E-state index < -0.39 is 0 Å². The highest BCUT2D eigenvalue weighted by Crippen LogP contribution is 2.55. The molecule has 36 heavy (non-hydrogen) atoms. The Morgan fingerprint density at radius 3 is 2.11 bits per heavy atom. The molecule has 0 bridgehead atoms. The molecule has 0 spiro atoms. The van der Waals surface area contributed by atoms with Gasteiger partial charge in [-0.2, -0.15) is 0 Å². The number of benzene rings is 5. The van der Waals surface area contributed by atoms with E-state index in [4.69, 9.17) is 0 Å². The van der Waals surface area contributed by atoms with Crippen LogP contribution in [0.15, 0.2) is 121 Å². The van der Waals surface area contributed by atoms with E-state index in [2.05, 4.69) is 142 Å². The van der Waals surface area contributed by atoms with Gasteiger partial charge in [-0.3, -0.25) is 0 Å². The number of rotatable bonds is 5. The van der Waals surface area contributed by atoms with Crippen molar-refractivity contribution in [2.24, 2.45) is 0 Å². The van der Waals surface area contributed by atoms with E-state index >= 15 is 0 Å². The van der Waals surface area contributed by atoms with Crippen LogP contribution in [0.3, 0.4) is 0 Å². The molecule has 0 heteroatoms. The first-order valence-corrected chi connectivity index (χ1v) is 13.1. The van der Waals surface area contributed by atoms with Crippen molar-refractivity contribution in [1.29, 1.82) is 0 Å². The molecule has 0 radical (unpaired) electrons. The summed E-state index contributed by atoms with van der Waals surface area (Å²) in [5.74, 6) is 0.165. The summed E-state index contributed by atoms with van der Waals surface area (Å²) in [5, 5.41) is 0. The van der Waals surface area contributed by atoms with Crippen LogP contribution in [0.2, 0.25) is 0 Å². The van der Waals surface area contributed by atoms with Crippen molar-refractivity contribution >= 4 is 0 Å². The molecule has 0 nitrogen and oxygen atoms in total. The van der Waals surface area contributed by atoms with Gasteiger partial charge < -0.3 is 0 Å². The third-order valence-electron chi connectivity index (χ3n) is 8.14. The summed E-state index contributed by atoms with van der Waals surface area (Å²) >= 11 is 0. The molecule has 0 saturated carbocycles. The Morgan fingerprint density at radius 2 is 1.33 bits per heavy atom. The summed E-state index contributed by atoms with van der Waals surface area (Å²) in [7, 11) is 0. The Bertz CT molecular complexity index is 1520. The van der Waals surface area contributed by atoms with Gasteiger partial charge in [0, 0.05) is 11.3 Å². The monoisotopic (exact) mass is 464 g/mol. The number of hydrogen-bond donors (Lipinski definition) is 0. The Hall–Kier alpha value is -3.90. The molecule has 6 rings (SSSR count). The normalized spacial score (nSPS) is 16.9. The van der Waals surface area contributed by atoms with E-state index in [0.29, 0.717) is 0 Å². The van der Waals surface area contributed by atoms with E-state index in [-0.39, 0.29) is 11.3 Å². The lowest BCUT2D eigenvalue weighted by molar-refractivity contribution is 0.713. The van der Waals surface area contributed by atoms with E-state index in [1.807, 2.05) is 0 Å². The molecule has 0 N–H and O–H groups in total. The van der Waals surface area contributed by atoms with Crippen molar-refractivity contribution in [1.82, 2.24) is 0 Å². The molecule has 0 heterocycles. The minimum atomic E-state index is -0.188. The van der Waals surface area contributed by atoms with Crippen LogP contribution in [-0.4, -0.2) is 0 Å². The lowest BCUT2D eigenvalue weighted by atomic mass is 9.73. The molecule has 176 valence electrons. The van der Waals surface area contributed by atoms with Gasteiger partial charge in [-0.15, -0.1) is 0 Å². The van der Waals surface area contributed by atoms with E-state index in [0.717, 1.165) is 6.42 Å². The zero-order valence-corrected chi connectivity index (χ0v) is 21.3. The summed E-state index contributed by atoms with van der Waals surface area (Å²) in [6.45, 7) is 6.80. The van der Waals surface area contributed by atoms with Crippen LogP contribution >= 0.6 is 0 Å². The predicted molar refractivity (Wildman–Crippen MR) is 152 cm³/mol. The van der Waals surface area contributed by atoms with Crippen molar-refractivity contribution in [3.63, 3.8) is 0 Å². The third-order valence-corrected chi connectivity index (χ3v) is 8.14. The van der Waals surface area contributed by atoms with Crippen molar-refractivity contribution < 1.29 is 0 Å². The second kappa shape index (κ2) is 8.95. The van der Waals surface area contributed by atoms with Crippen molar-refractivity contribution in [2.45, 2.75) is 38.5 Å². The van der Waals surface area contributed by atoms with Gasteiger partial charge >= 0.3 is 0 Å². The van der Waals surface area contributed by atoms with Crippen LogP contribution in [0, 0.1) is 6.92 Å². The highest BCUT2D eigenvalue weighted by atomic mass is 14.4. The van der Waals surface area contributed by atoms with E-state index in [9.17, 15) is 0 Å². The van der Waals surface area contributed by atoms with Gasteiger partial charge in [-0.1, -0.05) is 134 Å². The molecular formula is C36H32. The number of fused-ring (bicyclic) bond motifs is 3. The maximum Gasteiger partial charge on any atom is 0.0435 e. The highest BCUT2D eigenvalue weighted by molar-refractivity contribution is 5.86. The maximum atomic E-state index is 2.40. The van der Waals surface area contributed by atoms with Gasteiger partial charge in [0.15, 0.2) is 0 Å². The molecule has 2 unspecified atom stereocenters. The molecule has 0 aromatic heterocycles. The Kier molecular flexibility index (Phi) is 5.61. The summed E-state index contributed by atoms with van der Waals surface area (Å²) in [6, 6.07) is 45.3. The Balaban J connectivity index is 1.66. The topological polar surface area (TPSA) is 0 Å². The Morgan fingerprint density at radius 1 is 0.639 bits per heavy atom. The minimum Gasteiger partial charge on any atom is -0.0622 e. The zero-order chi connectivity index (χ0) is 24.7. The smallest absolute Gasteiger partial charge is 0.0435 e. The molecule has 1 aliphatic carbocycles. The molecule has 5 aromatic carbocycles. The first-order chi connectivity index (χ1) is 17.6. The second-order valence-electron chi connectivity index (χ2n) is 10.2. The lowest BCUT2D eigenvalue weighted by Crippen LogP contribution is -2.22. The van der Waals surface area contributed by atoms with Crippen LogP contribution in [0.25, 0.3) is 11.1 Å². The van der Waals surface area contributed by atoms with Crippen molar-refractivity contribution in [3.05, 3.63) is 166 Å². The molecule has 0 fully saturated rings. The number of hydrogen-bond acceptors (Lipinski definition) is 0. The van der Waals surface area contributed by atoms with Crippen LogP contribution in [-0.2, 0) is 11.8 Å². The SMILES string of the molecule is CCc1cccc(C(c2ccc(C)cc2)c2cccc3c2-c2ccccc2C3(C)c2ccccc2)c1. The number of aryl methyl sites for hydroxylation is 2. The Labute approximate surface area is 215 Å². The zero-order valence-electron chi connectivity index (χ0n) is 21.3. The molecule has 2 atom stereocenters. The van der Waals surface area contributed by atoms with Crippen LogP contribution in [0.4, 0.5) is 0 Å². The highest BCUT2D eigenvalue weighted by Gasteiger charge is 2.42. The fraction of sp³-hybridized carbons (Fsp3) is 0.167. The fourth-order valence-electron chi connectivity index (χ4n) is 6.20. The van der Waals surface area contributed by atoms with Crippen molar-refractivity contribution in [3.8, 4) is 11.1 Å². The van der Waals surface area contributed by atoms with Gasteiger partial charge in [-0.25, -0.2) is 0 Å². The van der Waals surface area contributed by atoms with E-state index in [1.54, 1.807) is 0 Å².